The van der Waals surface area contributed by atoms with Crippen LogP contribution in [0.25, 0.3) is 0 Å². The van der Waals surface area contributed by atoms with E-state index >= 15 is 0 Å². The molecule has 0 atom stereocenters. The number of carbonyl (C=O) groups excluding carboxylic acids is 1. The third kappa shape index (κ3) is 6.46. The Labute approximate surface area is 246 Å². The highest BCUT2D eigenvalue weighted by Gasteiger charge is 2.25. The zero-order chi connectivity index (χ0) is 29.7. The Balaban J connectivity index is 1.59. The lowest BCUT2D eigenvalue weighted by Gasteiger charge is -2.19. The lowest BCUT2D eigenvalue weighted by atomic mass is 10.1. The standard InChI is InChI=1S/C29H25ClN2O9S/c1-37-19-7-9-22(30)25(13-19)41-28-16-23(32-42(35,36)20-8-10-24-26(14-20)40-17-39-24)21(15-27(28)38-12-11-33)29(34)31-18-5-3-2-4-6-18/h2-10,13-16,32-33H,11-12,17H2,1H3,(H,31,34). The normalized spacial score (nSPS) is 12.0. The van der Waals surface area contributed by atoms with Crippen molar-refractivity contribution in [2.75, 3.05) is 37.2 Å². The van der Waals surface area contributed by atoms with E-state index in [0.717, 1.165) is 0 Å². The molecule has 1 amide bonds. The molecule has 3 N–H and O–H groups in total. The van der Waals surface area contributed by atoms with Crippen LogP contribution in [-0.4, -0.2) is 46.5 Å². The topological polar surface area (TPSA) is 142 Å². The van der Waals surface area contributed by atoms with Crippen molar-refractivity contribution in [1.82, 2.24) is 0 Å². The van der Waals surface area contributed by atoms with Gasteiger partial charge < -0.3 is 34.1 Å². The number of ether oxygens (including phenoxy) is 5. The third-order valence-corrected chi connectivity index (χ3v) is 7.64. The van der Waals surface area contributed by atoms with E-state index in [2.05, 4.69) is 10.0 Å². The number of sulfonamides is 1. The molecule has 0 aliphatic carbocycles. The summed E-state index contributed by atoms with van der Waals surface area (Å²) >= 11 is 6.35. The quantitative estimate of drug-likeness (QED) is 0.206. The molecule has 0 bridgehead atoms. The number of methoxy groups -OCH3 is 1. The van der Waals surface area contributed by atoms with Gasteiger partial charge in [0.05, 0.1) is 34.9 Å². The van der Waals surface area contributed by atoms with Crippen LogP contribution >= 0.6 is 11.6 Å². The number of anilines is 2. The molecule has 218 valence electrons. The minimum atomic E-state index is -4.25. The molecule has 4 aromatic rings. The number of nitrogens with one attached hydrogen (secondary N) is 2. The predicted molar refractivity (Wildman–Crippen MR) is 155 cm³/mol. The van der Waals surface area contributed by atoms with E-state index in [0.29, 0.717) is 17.2 Å². The summed E-state index contributed by atoms with van der Waals surface area (Å²) in [6.45, 7) is -0.494. The first-order valence-electron chi connectivity index (χ1n) is 12.5. The molecule has 42 heavy (non-hydrogen) atoms. The van der Waals surface area contributed by atoms with Gasteiger partial charge >= 0.3 is 0 Å². The zero-order valence-electron chi connectivity index (χ0n) is 22.1. The number of rotatable bonds is 11. The predicted octanol–water partition coefficient (Wildman–Crippen LogP) is 5.29. The summed E-state index contributed by atoms with van der Waals surface area (Å²) in [5.74, 6) is 0.734. The molecule has 4 aromatic carbocycles. The number of fused-ring (bicyclic) bond motifs is 1. The number of hydrogen-bond donors (Lipinski definition) is 3. The van der Waals surface area contributed by atoms with Gasteiger partial charge in [0.25, 0.3) is 15.9 Å². The summed E-state index contributed by atoms with van der Waals surface area (Å²) in [4.78, 5) is 13.4. The van der Waals surface area contributed by atoms with Gasteiger partial charge in [-0.25, -0.2) is 8.42 Å². The van der Waals surface area contributed by atoms with Gasteiger partial charge in [0, 0.05) is 23.9 Å². The van der Waals surface area contributed by atoms with Crippen molar-refractivity contribution in [3.63, 3.8) is 0 Å². The van der Waals surface area contributed by atoms with Gasteiger partial charge in [-0.15, -0.1) is 0 Å². The summed E-state index contributed by atoms with van der Waals surface area (Å²) in [6.07, 6.45) is 0. The Kier molecular flexibility index (Phi) is 8.57. The van der Waals surface area contributed by atoms with Crippen LogP contribution in [0.15, 0.2) is 83.8 Å². The van der Waals surface area contributed by atoms with Crippen LogP contribution in [0.3, 0.4) is 0 Å². The molecule has 1 aliphatic rings. The Morgan fingerprint density at radius 1 is 0.952 bits per heavy atom. The van der Waals surface area contributed by atoms with Crippen LogP contribution in [0, 0.1) is 0 Å². The molecular formula is C29H25ClN2O9S. The highest BCUT2D eigenvalue weighted by atomic mass is 35.5. The van der Waals surface area contributed by atoms with Crippen molar-refractivity contribution in [2.45, 2.75) is 4.90 Å². The fraction of sp³-hybridized carbons (Fsp3) is 0.138. The number of hydrogen-bond acceptors (Lipinski definition) is 9. The molecule has 0 saturated carbocycles. The summed E-state index contributed by atoms with van der Waals surface area (Å²) < 4.78 is 57.1. The van der Waals surface area contributed by atoms with Crippen molar-refractivity contribution in [3.8, 4) is 34.5 Å². The molecule has 0 aromatic heterocycles. The number of aliphatic hydroxyl groups is 1. The van der Waals surface area contributed by atoms with Gasteiger partial charge in [-0.1, -0.05) is 29.8 Å². The van der Waals surface area contributed by atoms with E-state index in [9.17, 15) is 18.3 Å². The van der Waals surface area contributed by atoms with Gasteiger partial charge in [0.15, 0.2) is 23.0 Å². The van der Waals surface area contributed by atoms with Gasteiger partial charge in [-0.3, -0.25) is 9.52 Å². The average molecular weight is 613 g/mol. The number of amides is 1. The number of para-hydroxylation sites is 1. The van der Waals surface area contributed by atoms with Gasteiger partial charge in [0.2, 0.25) is 6.79 Å². The highest BCUT2D eigenvalue weighted by Crippen LogP contribution is 2.41. The molecule has 1 aliphatic heterocycles. The van der Waals surface area contributed by atoms with E-state index in [1.807, 2.05) is 0 Å². The molecule has 1 heterocycles. The van der Waals surface area contributed by atoms with Crippen molar-refractivity contribution in [2.24, 2.45) is 0 Å². The van der Waals surface area contributed by atoms with E-state index in [-0.39, 0.29) is 64.2 Å². The molecule has 0 spiro atoms. The fourth-order valence-corrected chi connectivity index (χ4v) is 5.20. The number of halogens is 1. The van der Waals surface area contributed by atoms with Gasteiger partial charge in [0.1, 0.15) is 18.1 Å². The minimum absolute atomic E-state index is 0.0123. The monoisotopic (exact) mass is 612 g/mol. The summed E-state index contributed by atoms with van der Waals surface area (Å²) in [6, 6.07) is 20.1. The Morgan fingerprint density at radius 2 is 1.74 bits per heavy atom. The lowest BCUT2D eigenvalue weighted by Crippen LogP contribution is -2.19. The summed E-state index contributed by atoms with van der Waals surface area (Å²) in [5.41, 5.74) is 0.278. The Bertz CT molecular complexity index is 1720. The van der Waals surface area contributed by atoms with E-state index < -0.39 is 15.9 Å². The van der Waals surface area contributed by atoms with Crippen molar-refractivity contribution >= 4 is 38.9 Å². The summed E-state index contributed by atoms with van der Waals surface area (Å²) in [7, 11) is -2.77. The van der Waals surface area contributed by atoms with Crippen LogP contribution in [0.5, 0.6) is 34.5 Å². The van der Waals surface area contributed by atoms with Crippen LogP contribution in [0.1, 0.15) is 10.4 Å². The molecule has 0 radical (unpaired) electrons. The first kappa shape index (κ1) is 28.9. The first-order valence-corrected chi connectivity index (χ1v) is 14.4. The highest BCUT2D eigenvalue weighted by molar-refractivity contribution is 7.92. The number of aliphatic hydroxyl groups excluding tert-OH is 1. The van der Waals surface area contributed by atoms with Crippen molar-refractivity contribution in [3.05, 3.63) is 89.4 Å². The molecule has 11 nitrogen and oxygen atoms in total. The second-order valence-corrected chi connectivity index (χ2v) is 10.8. The maximum Gasteiger partial charge on any atom is 0.262 e. The smallest absolute Gasteiger partial charge is 0.262 e. The molecule has 13 heteroatoms. The van der Waals surface area contributed by atoms with Crippen molar-refractivity contribution in [1.29, 1.82) is 0 Å². The Hall–Kier alpha value is -4.65. The second kappa shape index (κ2) is 12.5. The lowest BCUT2D eigenvalue weighted by molar-refractivity contribution is 0.102. The summed E-state index contributed by atoms with van der Waals surface area (Å²) in [5, 5.41) is 12.4. The van der Waals surface area contributed by atoms with E-state index in [4.69, 9.17) is 35.3 Å². The first-order chi connectivity index (χ1) is 20.3. The zero-order valence-corrected chi connectivity index (χ0v) is 23.7. The third-order valence-electron chi connectivity index (χ3n) is 5.97. The fourth-order valence-electron chi connectivity index (χ4n) is 3.96. The van der Waals surface area contributed by atoms with E-state index in [1.165, 1.54) is 43.5 Å². The molecule has 0 saturated heterocycles. The van der Waals surface area contributed by atoms with E-state index in [1.54, 1.807) is 42.5 Å². The second-order valence-electron chi connectivity index (χ2n) is 8.76. The van der Waals surface area contributed by atoms with Crippen LogP contribution < -0.4 is 33.7 Å². The molecule has 0 unspecified atom stereocenters. The molecular weight excluding hydrogens is 588 g/mol. The molecule has 0 fully saturated rings. The molecule has 5 rings (SSSR count). The largest absolute Gasteiger partial charge is 0.497 e. The maximum absolute atomic E-state index is 13.5. The SMILES string of the molecule is COc1ccc(Cl)c(Oc2cc(NS(=O)(=O)c3ccc4c(c3)OCO4)c(C(=O)Nc3ccccc3)cc2OCCO)c1. The van der Waals surface area contributed by atoms with Crippen LogP contribution in [0.4, 0.5) is 11.4 Å². The van der Waals surface area contributed by atoms with Crippen LogP contribution in [0.2, 0.25) is 5.02 Å². The van der Waals surface area contributed by atoms with Crippen LogP contribution in [-0.2, 0) is 10.0 Å². The van der Waals surface area contributed by atoms with Gasteiger partial charge in [-0.2, -0.15) is 0 Å². The number of carbonyl (C=O) groups is 1. The average Bonchev–Trinajstić information content (AvgIpc) is 3.46. The Morgan fingerprint density at radius 3 is 2.50 bits per heavy atom. The number of benzene rings is 4. The maximum atomic E-state index is 13.5. The van der Waals surface area contributed by atoms with Gasteiger partial charge in [-0.05, 0) is 42.5 Å². The van der Waals surface area contributed by atoms with Crippen molar-refractivity contribution < 1.29 is 42.0 Å². The minimum Gasteiger partial charge on any atom is -0.497 e.